The topological polar surface area (TPSA) is 41.3 Å². The average molecular weight is 273 g/mol. The number of hydrogen-bond acceptors (Lipinski definition) is 4. The van der Waals surface area contributed by atoms with Crippen molar-refractivity contribution in [2.24, 2.45) is 5.92 Å². The molecule has 1 saturated heterocycles. The molecule has 0 radical (unpaired) electrons. The number of anilines is 1. The van der Waals surface area contributed by atoms with Crippen molar-refractivity contribution in [1.82, 2.24) is 10.3 Å². The molecule has 1 aromatic heterocycles. The van der Waals surface area contributed by atoms with Crippen LogP contribution in [0.1, 0.15) is 25.8 Å². The number of oxazole rings is 1. The molecular weight excluding hydrogens is 250 g/mol. The zero-order chi connectivity index (χ0) is 13.9. The van der Waals surface area contributed by atoms with Crippen LogP contribution in [-0.2, 0) is 6.42 Å². The van der Waals surface area contributed by atoms with Crippen LogP contribution in [0.5, 0.6) is 0 Å². The monoisotopic (exact) mass is 273 g/mol. The van der Waals surface area contributed by atoms with Crippen molar-refractivity contribution in [2.75, 3.05) is 31.1 Å². The molecule has 0 unspecified atom stereocenters. The van der Waals surface area contributed by atoms with Crippen LogP contribution in [0.4, 0.5) is 6.01 Å². The molecule has 2 aromatic rings. The predicted octanol–water partition coefficient (Wildman–Crippen LogP) is 2.83. The van der Waals surface area contributed by atoms with Crippen molar-refractivity contribution in [2.45, 2.75) is 26.7 Å². The summed E-state index contributed by atoms with van der Waals surface area (Å²) in [7, 11) is 0. The molecule has 1 N–H and O–H groups in total. The van der Waals surface area contributed by atoms with Crippen LogP contribution in [0.15, 0.2) is 22.6 Å². The zero-order valence-electron chi connectivity index (χ0n) is 12.4. The summed E-state index contributed by atoms with van der Waals surface area (Å²) < 4.78 is 5.91. The van der Waals surface area contributed by atoms with Crippen LogP contribution in [0.3, 0.4) is 0 Å². The highest BCUT2D eigenvalue weighted by Gasteiger charge is 2.15. The maximum Gasteiger partial charge on any atom is 0.298 e. The summed E-state index contributed by atoms with van der Waals surface area (Å²) >= 11 is 0. The number of rotatable bonds is 3. The number of hydrogen-bond donors (Lipinski definition) is 1. The van der Waals surface area contributed by atoms with E-state index < -0.39 is 0 Å². The summed E-state index contributed by atoms with van der Waals surface area (Å²) in [6.07, 6.45) is 2.23. The van der Waals surface area contributed by atoms with Crippen LogP contribution >= 0.6 is 0 Å². The first kappa shape index (κ1) is 13.4. The first-order valence-corrected chi connectivity index (χ1v) is 7.57. The van der Waals surface area contributed by atoms with Crippen LogP contribution in [0.2, 0.25) is 0 Å². The molecule has 4 nitrogen and oxygen atoms in total. The molecule has 0 aliphatic carbocycles. The Morgan fingerprint density at radius 2 is 2.20 bits per heavy atom. The Kier molecular flexibility index (Phi) is 3.92. The SMILES string of the molecule is CC(C)Cc1ccc2oc(N3CCCNCC3)nc2c1. The lowest BCUT2D eigenvalue weighted by Crippen LogP contribution is -2.27. The summed E-state index contributed by atoms with van der Waals surface area (Å²) in [5, 5.41) is 3.40. The van der Waals surface area contributed by atoms with Gasteiger partial charge in [-0.05, 0) is 43.0 Å². The van der Waals surface area contributed by atoms with E-state index >= 15 is 0 Å². The lowest BCUT2D eigenvalue weighted by molar-refractivity contribution is 0.570. The largest absolute Gasteiger partial charge is 0.423 e. The van der Waals surface area contributed by atoms with Crippen LogP contribution < -0.4 is 10.2 Å². The highest BCUT2D eigenvalue weighted by atomic mass is 16.4. The molecule has 0 saturated carbocycles. The highest BCUT2D eigenvalue weighted by Crippen LogP contribution is 2.24. The van der Waals surface area contributed by atoms with Crippen molar-refractivity contribution in [3.63, 3.8) is 0 Å². The van der Waals surface area contributed by atoms with Gasteiger partial charge in [-0.25, -0.2) is 0 Å². The molecule has 20 heavy (non-hydrogen) atoms. The Morgan fingerprint density at radius 3 is 3.05 bits per heavy atom. The van der Waals surface area contributed by atoms with E-state index in [0.29, 0.717) is 5.92 Å². The standard InChI is InChI=1S/C16H23N3O/c1-12(2)10-13-4-5-15-14(11-13)18-16(20-15)19-8-3-6-17-7-9-19/h4-5,11-12,17H,3,6-10H2,1-2H3. The molecule has 1 fully saturated rings. The van der Waals surface area contributed by atoms with Crippen molar-refractivity contribution in [3.8, 4) is 0 Å². The molecular formula is C16H23N3O. The van der Waals surface area contributed by atoms with E-state index in [-0.39, 0.29) is 0 Å². The summed E-state index contributed by atoms with van der Waals surface area (Å²) in [6.45, 7) is 8.53. The Bertz CT molecular complexity index is 568. The van der Waals surface area contributed by atoms with Gasteiger partial charge in [0.25, 0.3) is 6.01 Å². The Balaban J connectivity index is 1.85. The van der Waals surface area contributed by atoms with E-state index in [0.717, 1.165) is 56.1 Å². The lowest BCUT2D eigenvalue weighted by atomic mass is 10.0. The van der Waals surface area contributed by atoms with Gasteiger partial charge in [-0.3, -0.25) is 0 Å². The zero-order valence-corrected chi connectivity index (χ0v) is 12.4. The van der Waals surface area contributed by atoms with Gasteiger partial charge in [-0.2, -0.15) is 4.98 Å². The summed E-state index contributed by atoms with van der Waals surface area (Å²) in [5.41, 5.74) is 3.21. The molecule has 0 bridgehead atoms. The van der Waals surface area contributed by atoms with Gasteiger partial charge in [-0.15, -0.1) is 0 Å². The molecule has 1 aliphatic rings. The summed E-state index contributed by atoms with van der Waals surface area (Å²) in [4.78, 5) is 6.92. The maximum absolute atomic E-state index is 5.91. The fraction of sp³-hybridized carbons (Fsp3) is 0.562. The normalized spacial score (nSPS) is 16.9. The third-order valence-electron chi connectivity index (χ3n) is 3.70. The fourth-order valence-corrected chi connectivity index (χ4v) is 2.73. The van der Waals surface area contributed by atoms with Gasteiger partial charge in [0.15, 0.2) is 5.58 Å². The number of aromatic nitrogens is 1. The predicted molar refractivity (Wildman–Crippen MR) is 82.3 cm³/mol. The van der Waals surface area contributed by atoms with E-state index in [2.05, 4.69) is 47.2 Å². The Hall–Kier alpha value is -1.55. The second-order valence-corrected chi connectivity index (χ2v) is 5.99. The van der Waals surface area contributed by atoms with Gasteiger partial charge >= 0.3 is 0 Å². The molecule has 4 heteroatoms. The third kappa shape index (κ3) is 2.96. The molecule has 1 aromatic carbocycles. The molecule has 1 aliphatic heterocycles. The van der Waals surface area contributed by atoms with Crippen molar-refractivity contribution >= 4 is 17.1 Å². The van der Waals surface area contributed by atoms with Crippen LogP contribution in [0.25, 0.3) is 11.1 Å². The van der Waals surface area contributed by atoms with Crippen LogP contribution in [-0.4, -0.2) is 31.2 Å². The van der Waals surface area contributed by atoms with E-state index in [9.17, 15) is 0 Å². The van der Waals surface area contributed by atoms with Crippen LogP contribution in [0, 0.1) is 5.92 Å². The maximum atomic E-state index is 5.91. The Morgan fingerprint density at radius 1 is 1.30 bits per heavy atom. The van der Waals surface area contributed by atoms with Gasteiger partial charge in [0, 0.05) is 19.6 Å². The Labute approximate surface area is 120 Å². The van der Waals surface area contributed by atoms with Gasteiger partial charge in [0.05, 0.1) is 0 Å². The number of nitrogens with one attached hydrogen (secondary N) is 1. The van der Waals surface area contributed by atoms with Gasteiger partial charge in [-0.1, -0.05) is 19.9 Å². The molecule has 2 heterocycles. The van der Waals surface area contributed by atoms with Crippen molar-refractivity contribution in [3.05, 3.63) is 23.8 Å². The lowest BCUT2D eigenvalue weighted by Gasteiger charge is -2.16. The van der Waals surface area contributed by atoms with Crippen molar-refractivity contribution < 1.29 is 4.42 Å². The fourth-order valence-electron chi connectivity index (χ4n) is 2.73. The van der Waals surface area contributed by atoms with Gasteiger partial charge in [0.1, 0.15) is 5.52 Å². The smallest absolute Gasteiger partial charge is 0.298 e. The molecule has 108 valence electrons. The average Bonchev–Trinajstić information content (AvgIpc) is 2.65. The molecule has 0 atom stereocenters. The molecule has 0 spiro atoms. The minimum atomic E-state index is 0.663. The second kappa shape index (κ2) is 5.83. The first-order valence-electron chi connectivity index (χ1n) is 7.57. The van der Waals surface area contributed by atoms with Gasteiger partial charge in [0.2, 0.25) is 0 Å². The number of benzene rings is 1. The molecule has 0 amide bonds. The van der Waals surface area contributed by atoms with E-state index in [1.165, 1.54) is 5.56 Å². The van der Waals surface area contributed by atoms with E-state index in [4.69, 9.17) is 4.42 Å². The highest BCUT2D eigenvalue weighted by molar-refractivity contribution is 5.75. The minimum absolute atomic E-state index is 0.663. The van der Waals surface area contributed by atoms with E-state index in [1.807, 2.05) is 0 Å². The second-order valence-electron chi connectivity index (χ2n) is 5.99. The van der Waals surface area contributed by atoms with Gasteiger partial charge < -0.3 is 14.6 Å². The van der Waals surface area contributed by atoms with E-state index in [1.54, 1.807) is 0 Å². The van der Waals surface area contributed by atoms with Crippen molar-refractivity contribution in [1.29, 1.82) is 0 Å². The number of fused-ring (bicyclic) bond motifs is 1. The summed E-state index contributed by atoms with van der Waals surface area (Å²) in [5.74, 6) is 0.663. The molecule has 3 rings (SSSR count). The summed E-state index contributed by atoms with van der Waals surface area (Å²) in [6, 6.07) is 7.14. The number of nitrogens with zero attached hydrogens (tertiary/aromatic N) is 2. The minimum Gasteiger partial charge on any atom is -0.423 e. The quantitative estimate of drug-likeness (QED) is 0.933. The third-order valence-corrected chi connectivity index (χ3v) is 3.70. The first-order chi connectivity index (χ1) is 9.72.